The number of carbonyl (C=O) groups excluding carboxylic acids is 1. The van der Waals surface area contributed by atoms with Crippen LogP contribution in [-0.2, 0) is 4.79 Å². The highest BCUT2D eigenvalue weighted by Crippen LogP contribution is 2.28. The smallest absolute Gasteiger partial charge is 0.218 e. The number of amides is 1. The minimum atomic E-state index is -0.306. The van der Waals surface area contributed by atoms with Crippen LogP contribution >= 0.6 is 27.3 Å². The van der Waals surface area contributed by atoms with Crippen LogP contribution in [0.5, 0.6) is 0 Å². The van der Waals surface area contributed by atoms with E-state index >= 15 is 0 Å². The highest BCUT2D eigenvalue weighted by molar-refractivity contribution is 9.10. The van der Waals surface area contributed by atoms with Gasteiger partial charge in [-0.15, -0.1) is 11.3 Å². The third-order valence-electron chi connectivity index (χ3n) is 1.72. The number of thiophene rings is 1. The predicted octanol–water partition coefficient (Wildman–Crippen LogP) is 1.43. The van der Waals surface area contributed by atoms with Crippen molar-refractivity contribution in [2.45, 2.75) is 12.3 Å². The van der Waals surface area contributed by atoms with Crippen LogP contribution in [0.1, 0.15) is 17.2 Å². The van der Waals surface area contributed by atoms with Crippen molar-refractivity contribution >= 4 is 33.2 Å². The molecule has 1 heterocycles. The second-order valence-electron chi connectivity index (χ2n) is 2.77. The van der Waals surface area contributed by atoms with Crippen LogP contribution in [0.15, 0.2) is 15.9 Å². The number of primary amides is 1. The highest BCUT2D eigenvalue weighted by atomic mass is 79.9. The van der Waals surface area contributed by atoms with Gasteiger partial charge in [0.15, 0.2) is 0 Å². The molecule has 0 spiro atoms. The van der Waals surface area contributed by atoms with Crippen molar-refractivity contribution in [1.82, 2.24) is 0 Å². The maximum Gasteiger partial charge on any atom is 0.218 e. The Morgan fingerprint density at radius 3 is 2.77 bits per heavy atom. The van der Waals surface area contributed by atoms with Crippen molar-refractivity contribution in [3.63, 3.8) is 0 Å². The van der Waals surface area contributed by atoms with Crippen molar-refractivity contribution in [1.29, 1.82) is 0 Å². The van der Waals surface area contributed by atoms with Gasteiger partial charge in [0.1, 0.15) is 0 Å². The summed E-state index contributed by atoms with van der Waals surface area (Å²) < 4.78 is 1.02. The SMILES string of the molecule is NCC(CC(N)=O)c1cc(Br)cs1. The minimum Gasteiger partial charge on any atom is -0.370 e. The summed E-state index contributed by atoms with van der Waals surface area (Å²) in [6, 6.07) is 1.98. The van der Waals surface area contributed by atoms with Gasteiger partial charge in [0, 0.05) is 33.6 Å². The molecule has 4 N–H and O–H groups in total. The molecule has 0 aliphatic rings. The average molecular weight is 263 g/mol. The summed E-state index contributed by atoms with van der Waals surface area (Å²) in [6.45, 7) is 0.454. The van der Waals surface area contributed by atoms with Crippen LogP contribution in [-0.4, -0.2) is 12.5 Å². The predicted molar refractivity (Wildman–Crippen MR) is 57.6 cm³/mol. The first-order valence-electron chi connectivity index (χ1n) is 3.85. The Morgan fingerprint density at radius 2 is 2.38 bits per heavy atom. The van der Waals surface area contributed by atoms with Gasteiger partial charge in [-0.05, 0) is 22.0 Å². The van der Waals surface area contributed by atoms with E-state index in [2.05, 4.69) is 15.9 Å². The van der Waals surface area contributed by atoms with E-state index in [0.717, 1.165) is 9.35 Å². The Balaban J connectivity index is 2.72. The van der Waals surface area contributed by atoms with E-state index in [1.807, 2.05) is 11.4 Å². The van der Waals surface area contributed by atoms with E-state index in [0.29, 0.717) is 13.0 Å². The molecule has 1 unspecified atom stereocenters. The largest absolute Gasteiger partial charge is 0.370 e. The average Bonchev–Trinajstić information content (AvgIpc) is 2.47. The molecule has 1 atom stereocenters. The standard InChI is InChI=1S/C8H11BrN2OS/c9-6-2-7(13-4-6)5(3-10)1-8(11)12/h2,4-5H,1,3,10H2,(H2,11,12). The first-order valence-corrected chi connectivity index (χ1v) is 5.53. The molecule has 5 heteroatoms. The zero-order valence-electron chi connectivity index (χ0n) is 7.00. The van der Waals surface area contributed by atoms with Gasteiger partial charge in [0.05, 0.1) is 0 Å². The number of hydrogen-bond donors (Lipinski definition) is 2. The van der Waals surface area contributed by atoms with Gasteiger partial charge >= 0.3 is 0 Å². The topological polar surface area (TPSA) is 69.1 Å². The molecule has 72 valence electrons. The molecule has 0 fully saturated rings. The third kappa shape index (κ3) is 3.10. The van der Waals surface area contributed by atoms with E-state index in [1.165, 1.54) is 0 Å². The van der Waals surface area contributed by atoms with Crippen molar-refractivity contribution in [2.24, 2.45) is 11.5 Å². The lowest BCUT2D eigenvalue weighted by molar-refractivity contribution is -0.118. The number of nitrogens with two attached hydrogens (primary N) is 2. The van der Waals surface area contributed by atoms with Gasteiger partial charge in [-0.1, -0.05) is 0 Å². The first-order chi connectivity index (χ1) is 6.13. The maximum absolute atomic E-state index is 10.7. The molecule has 0 aliphatic carbocycles. The molecule has 1 rings (SSSR count). The second-order valence-corrected chi connectivity index (χ2v) is 4.63. The number of halogens is 1. The molecule has 0 bridgehead atoms. The van der Waals surface area contributed by atoms with Crippen LogP contribution in [0, 0.1) is 0 Å². The lowest BCUT2D eigenvalue weighted by Gasteiger charge is -2.09. The molecular formula is C8H11BrN2OS. The number of hydrogen-bond acceptors (Lipinski definition) is 3. The lowest BCUT2D eigenvalue weighted by atomic mass is 10.0. The van der Waals surface area contributed by atoms with E-state index in [9.17, 15) is 4.79 Å². The Kier molecular flexibility index (Phi) is 3.90. The Morgan fingerprint density at radius 1 is 1.69 bits per heavy atom. The molecule has 1 amide bonds. The Hall–Kier alpha value is -0.390. The van der Waals surface area contributed by atoms with Crippen LogP contribution < -0.4 is 11.5 Å². The van der Waals surface area contributed by atoms with Crippen LogP contribution in [0.3, 0.4) is 0 Å². The van der Waals surface area contributed by atoms with E-state index in [-0.39, 0.29) is 11.8 Å². The van der Waals surface area contributed by atoms with Gasteiger partial charge in [-0.25, -0.2) is 0 Å². The fourth-order valence-corrected chi connectivity index (χ4v) is 2.65. The summed E-state index contributed by atoms with van der Waals surface area (Å²) in [5.74, 6) is -0.242. The van der Waals surface area contributed by atoms with Crippen molar-refractivity contribution in [3.05, 3.63) is 20.8 Å². The van der Waals surface area contributed by atoms with Gasteiger partial charge in [-0.3, -0.25) is 4.79 Å². The zero-order chi connectivity index (χ0) is 9.84. The molecule has 0 aliphatic heterocycles. The molecule has 1 aromatic heterocycles. The minimum absolute atomic E-state index is 0.0637. The molecule has 1 aromatic rings. The third-order valence-corrected chi connectivity index (χ3v) is 3.58. The fourth-order valence-electron chi connectivity index (χ4n) is 1.09. The summed E-state index contributed by atoms with van der Waals surface area (Å²) in [6.07, 6.45) is 0.323. The molecule has 0 aromatic carbocycles. The molecule has 0 saturated heterocycles. The van der Waals surface area contributed by atoms with Gasteiger partial charge < -0.3 is 11.5 Å². The Labute approximate surface area is 89.2 Å². The zero-order valence-corrected chi connectivity index (χ0v) is 9.40. The quantitative estimate of drug-likeness (QED) is 0.862. The Bertz CT molecular complexity index is 300. The number of carbonyl (C=O) groups is 1. The summed E-state index contributed by atoms with van der Waals surface area (Å²) in [5, 5.41) is 1.97. The number of rotatable bonds is 4. The first kappa shape index (κ1) is 10.7. The fraction of sp³-hybridized carbons (Fsp3) is 0.375. The molecule has 0 saturated carbocycles. The maximum atomic E-state index is 10.7. The molecular weight excluding hydrogens is 252 g/mol. The van der Waals surface area contributed by atoms with Gasteiger partial charge in [0.2, 0.25) is 5.91 Å². The van der Waals surface area contributed by atoms with Gasteiger partial charge in [-0.2, -0.15) is 0 Å². The van der Waals surface area contributed by atoms with Crippen LogP contribution in [0.2, 0.25) is 0 Å². The van der Waals surface area contributed by atoms with E-state index < -0.39 is 0 Å². The van der Waals surface area contributed by atoms with Crippen LogP contribution in [0.25, 0.3) is 0 Å². The lowest BCUT2D eigenvalue weighted by Crippen LogP contribution is -2.20. The van der Waals surface area contributed by atoms with E-state index in [1.54, 1.807) is 11.3 Å². The summed E-state index contributed by atoms with van der Waals surface area (Å²) in [7, 11) is 0. The summed E-state index contributed by atoms with van der Waals surface area (Å²) in [5.41, 5.74) is 10.7. The van der Waals surface area contributed by atoms with Crippen LogP contribution in [0.4, 0.5) is 0 Å². The molecule has 3 nitrogen and oxygen atoms in total. The molecule has 0 radical (unpaired) electrons. The summed E-state index contributed by atoms with van der Waals surface area (Å²) >= 11 is 4.94. The van der Waals surface area contributed by atoms with Crippen molar-refractivity contribution in [2.75, 3.05) is 6.54 Å². The van der Waals surface area contributed by atoms with Crippen molar-refractivity contribution < 1.29 is 4.79 Å². The molecule has 13 heavy (non-hydrogen) atoms. The van der Waals surface area contributed by atoms with Crippen molar-refractivity contribution in [3.8, 4) is 0 Å². The normalized spacial score (nSPS) is 12.8. The summed E-state index contributed by atoms with van der Waals surface area (Å²) in [4.78, 5) is 11.8. The van der Waals surface area contributed by atoms with E-state index in [4.69, 9.17) is 11.5 Å². The monoisotopic (exact) mass is 262 g/mol. The highest BCUT2D eigenvalue weighted by Gasteiger charge is 2.14. The second kappa shape index (κ2) is 4.74. The van der Waals surface area contributed by atoms with Gasteiger partial charge in [0.25, 0.3) is 0 Å².